The molecule has 116 valence electrons. The van der Waals surface area contributed by atoms with Gasteiger partial charge in [-0.25, -0.2) is 9.78 Å². The van der Waals surface area contributed by atoms with E-state index in [-0.39, 0.29) is 6.03 Å². The SMILES string of the molecule is O=C(Nc1ccc2scnc2c1)N1CCC(c2ccccn2)C1. The van der Waals surface area contributed by atoms with Crippen molar-refractivity contribution in [2.24, 2.45) is 0 Å². The number of urea groups is 1. The highest BCUT2D eigenvalue weighted by Crippen LogP contribution is 2.26. The maximum Gasteiger partial charge on any atom is 0.321 e. The first-order valence-electron chi connectivity index (χ1n) is 7.60. The molecular formula is C17H16N4OS. The Kier molecular flexibility index (Phi) is 3.67. The number of thiazole rings is 1. The molecule has 0 radical (unpaired) electrons. The van der Waals surface area contributed by atoms with E-state index in [0.717, 1.165) is 34.6 Å². The molecule has 23 heavy (non-hydrogen) atoms. The Hall–Kier alpha value is -2.47. The Labute approximate surface area is 138 Å². The van der Waals surface area contributed by atoms with E-state index in [4.69, 9.17) is 0 Å². The summed E-state index contributed by atoms with van der Waals surface area (Å²) >= 11 is 1.60. The van der Waals surface area contributed by atoms with Gasteiger partial charge in [0.2, 0.25) is 0 Å². The van der Waals surface area contributed by atoms with E-state index in [1.807, 2.05) is 46.8 Å². The molecule has 0 spiro atoms. The van der Waals surface area contributed by atoms with Gasteiger partial charge in [0, 0.05) is 36.6 Å². The van der Waals surface area contributed by atoms with Gasteiger partial charge in [0.1, 0.15) is 0 Å². The third-order valence-corrected chi connectivity index (χ3v) is 4.97. The molecule has 1 saturated heterocycles. The lowest BCUT2D eigenvalue weighted by molar-refractivity contribution is 0.222. The highest BCUT2D eigenvalue weighted by atomic mass is 32.1. The van der Waals surface area contributed by atoms with Gasteiger partial charge in [0.15, 0.2) is 0 Å². The van der Waals surface area contributed by atoms with E-state index < -0.39 is 0 Å². The summed E-state index contributed by atoms with van der Waals surface area (Å²) in [6, 6.07) is 11.7. The fourth-order valence-electron chi connectivity index (χ4n) is 2.94. The smallest absolute Gasteiger partial charge is 0.321 e. The quantitative estimate of drug-likeness (QED) is 0.782. The molecule has 0 saturated carbocycles. The van der Waals surface area contributed by atoms with E-state index in [1.165, 1.54) is 0 Å². The highest BCUT2D eigenvalue weighted by molar-refractivity contribution is 7.16. The Morgan fingerprint density at radius 3 is 3.09 bits per heavy atom. The number of fused-ring (bicyclic) bond motifs is 1. The molecule has 2 amide bonds. The monoisotopic (exact) mass is 324 g/mol. The molecule has 3 heterocycles. The van der Waals surface area contributed by atoms with Gasteiger partial charge in [-0.1, -0.05) is 6.07 Å². The van der Waals surface area contributed by atoms with Crippen LogP contribution in [-0.4, -0.2) is 34.0 Å². The van der Waals surface area contributed by atoms with Crippen LogP contribution in [0.4, 0.5) is 10.5 Å². The van der Waals surface area contributed by atoms with Gasteiger partial charge in [-0.3, -0.25) is 4.98 Å². The average molecular weight is 324 g/mol. The van der Waals surface area contributed by atoms with Crippen molar-refractivity contribution < 1.29 is 4.79 Å². The predicted octanol–water partition coefficient (Wildman–Crippen LogP) is 3.71. The molecule has 1 aromatic carbocycles. The zero-order valence-electron chi connectivity index (χ0n) is 12.5. The lowest BCUT2D eigenvalue weighted by atomic mass is 10.0. The molecule has 2 aromatic heterocycles. The van der Waals surface area contributed by atoms with E-state index in [0.29, 0.717) is 12.5 Å². The number of carbonyl (C=O) groups excluding carboxylic acids is 1. The second kappa shape index (κ2) is 5.96. The van der Waals surface area contributed by atoms with Crippen molar-refractivity contribution in [2.75, 3.05) is 18.4 Å². The largest absolute Gasteiger partial charge is 0.324 e. The molecule has 1 aliphatic rings. The van der Waals surface area contributed by atoms with Crippen molar-refractivity contribution in [2.45, 2.75) is 12.3 Å². The number of carbonyl (C=O) groups is 1. The number of rotatable bonds is 2. The summed E-state index contributed by atoms with van der Waals surface area (Å²) in [5, 5.41) is 2.97. The number of hydrogen-bond acceptors (Lipinski definition) is 4. The summed E-state index contributed by atoms with van der Waals surface area (Å²) in [7, 11) is 0. The van der Waals surface area contributed by atoms with Crippen LogP contribution in [-0.2, 0) is 0 Å². The standard InChI is InChI=1S/C17H16N4OS/c22-17(20-13-4-5-16-15(9-13)19-11-23-16)21-8-6-12(10-21)14-3-1-2-7-18-14/h1-5,7,9,11-12H,6,8,10H2,(H,20,22). The number of hydrogen-bond donors (Lipinski definition) is 1. The van der Waals surface area contributed by atoms with Gasteiger partial charge in [0.05, 0.1) is 15.7 Å². The summed E-state index contributed by atoms with van der Waals surface area (Å²) < 4.78 is 1.12. The van der Waals surface area contributed by atoms with Crippen LogP contribution in [0.5, 0.6) is 0 Å². The van der Waals surface area contributed by atoms with Crippen molar-refractivity contribution in [1.29, 1.82) is 0 Å². The Bertz CT molecular complexity index is 833. The predicted molar refractivity (Wildman–Crippen MR) is 91.8 cm³/mol. The Morgan fingerprint density at radius 1 is 1.26 bits per heavy atom. The molecule has 5 nitrogen and oxygen atoms in total. The van der Waals surface area contributed by atoms with Gasteiger partial charge in [-0.15, -0.1) is 11.3 Å². The minimum absolute atomic E-state index is 0.0574. The number of benzene rings is 1. The summed E-state index contributed by atoms with van der Waals surface area (Å²) in [4.78, 5) is 23.0. The van der Waals surface area contributed by atoms with Crippen LogP contribution in [0.2, 0.25) is 0 Å². The fraction of sp³-hybridized carbons (Fsp3) is 0.235. The van der Waals surface area contributed by atoms with Crippen LogP contribution >= 0.6 is 11.3 Å². The van der Waals surface area contributed by atoms with E-state index in [2.05, 4.69) is 15.3 Å². The number of aromatic nitrogens is 2. The second-order valence-electron chi connectivity index (χ2n) is 5.65. The van der Waals surface area contributed by atoms with Crippen LogP contribution in [0.25, 0.3) is 10.2 Å². The zero-order valence-corrected chi connectivity index (χ0v) is 13.3. The maximum absolute atomic E-state index is 12.4. The number of amides is 2. The number of likely N-dealkylation sites (tertiary alicyclic amines) is 1. The van der Waals surface area contributed by atoms with Crippen LogP contribution < -0.4 is 5.32 Å². The normalized spacial score (nSPS) is 17.6. The highest BCUT2D eigenvalue weighted by Gasteiger charge is 2.28. The molecule has 1 atom stereocenters. The zero-order chi connectivity index (χ0) is 15.6. The molecule has 1 fully saturated rings. The van der Waals surface area contributed by atoms with E-state index >= 15 is 0 Å². The van der Waals surface area contributed by atoms with Gasteiger partial charge < -0.3 is 10.2 Å². The van der Waals surface area contributed by atoms with Crippen LogP contribution in [0.1, 0.15) is 18.0 Å². The van der Waals surface area contributed by atoms with Crippen molar-refractivity contribution in [3.05, 3.63) is 53.8 Å². The number of pyridine rings is 1. The van der Waals surface area contributed by atoms with Gasteiger partial charge in [-0.05, 0) is 36.8 Å². The summed E-state index contributed by atoms with van der Waals surface area (Å²) in [5.74, 6) is 0.322. The molecule has 0 aliphatic carbocycles. The lowest BCUT2D eigenvalue weighted by Gasteiger charge is -2.17. The van der Waals surface area contributed by atoms with E-state index in [1.54, 1.807) is 17.5 Å². The van der Waals surface area contributed by atoms with Crippen molar-refractivity contribution in [3.8, 4) is 0 Å². The fourth-order valence-corrected chi connectivity index (χ4v) is 3.60. The van der Waals surface area contributed by atoms with Gasteiger partial charge in [0.25, 0.3) is 0 Å². The Morgan fingerprint density at radius 2 is 2.22 bits per heavy atom. The Balaban J connectivity index is 1.43. The summed E-state index contributed by atoms with van der Waals surface area (Å²) in [6.45, 7) is 1.47. The number of nitrogens with one attached hydrogen (secondary N) is 1. The van der Waals surface area contributed by atoms with Crippen LogP contribution in [0.3, 0.4) is 0 Å². The molecular weight excluding hydrogens is 308 g/mol. The number of anilines is 1. The molecule has 1 aliphatic heterocycles. The van der Waals surface area contributed by atoms with Gasteiger partial charge >= 0.3 is 6.03 Å². The molecule has 1 N–H and O–H groups in total. The minimum Gasteiger partial charge on any atom is -0.324 e. The summed E-state index contributed by atoms with van der Waals surface area (Å²) in [6.07, 6.45) is 2.76. The third-order valence-electron chi connectivity index (χ3n) is 4.16. The lowest BCUT2D eigenvalue weighted by Crippen LogP contribution is -2.32. The average Bonchev–Trinajstić information content (AvgIpc) is 3.24. The summed E-state index contributed by atoms with van der Waals surface area (Å²) in [5.41, 5.74) is 4.58. The van der Waals surface area contributed by atoms with Crippen molar-refractivity contribution >= 4 is 33.3 Å². The first-order valence-corrected chi connectivity index (χ1v) is 8.48. The third kappa shape index (κ3) is 2.90. The second-order valence-corrected chi connectivity index (χ2v) is 6.54. The maximum atomic E-state index is 12.4. The van der Waals surface area contributed by atoms with Crippen LogP contribution in [0.15, 0.2) is 48.1 Å². The molecule has 0 bridgehead atoms. The first kappa shape index (κ1) is 14.1. The topological polar surface area (TPSA) is 58.1 Å². The van der Waals surface area contributed by atoms with Crippen LogP contribution in [0, 0.1) is 0 Å². The molecule has 1 unspecified atom stereocenters. The molecule has 3 aromatic rings. The first-order chi connectivity index (χ1) is 11.3. The van der Waals surface area contributed by atoms with Gasteiger partial charge in [-0.2, -0.15) is 0 Å². The van der Waals surface area contributed by atoms with E-state index in [9.17, 15) is 4.79 Å². The minimum atomic E-state index is -0.0574. The molecule has 6 heteroatoms. The van der Waals surface area contributed by atoms with Crippen molar-refractivity contribution in [3.63, 3.8) is 0 Å². The number of nitrogens with zero attached hydrogens (tertiary/aromatic N) is 3. The van der Waals surface area contributed by atoms with Crippen molar-refractivity contribution in [1.82, 2.24) is 14.9 Å². The molecule has 4 rings (SSSR count).